The van der Waals surface area contributed by atoms with Crippen LogP contribution >= 0.6 is 0 Å². The van der Waals surface area contributed by atoms with E-state index in [9.17, 15) is 5.11 Å². The highest BCUT2D eigenvalue weighted by atomic mass is 16.5. The molecule has 1 saturated heterocycles. The third kappa shape index (κ3) is 5.32. The molecule has 4 nitrogen and oxygen atoms in total. The lowest BCUT2D eigenvalue weighted by molar-refractivity contribution is 0.0162. The highest BCUT2D eigenvalue weighted by Crippen LogP contribution is 2.35. The van der Waals surface area contributed by atoms with Crippen molar-refractivity contribution in [3.8, 4) is 0 Å². The Balaban J connectivity index is 1.46. The summed E-state index contributed by atoms with van der Waals surface area (Å²) < 4.78 is 11.2. The molecule has 118 valence electrons. The van der Waals surface area contributed by atoms with E-state index in [1.807, 2.05) is 0 Å². The van der Waals surface area contributed by atoms with Gasteiger partial charge < -0.3 is 19.9 Å². The molecule has 0 aromatic rings. The highest BCUT2D eigenvalue weighted by molar-refractivity contribution is 4.84. The Morgan fingerprint density at radius 1 is 1.20 bits per heavy atom. The van der Waals surface area contributed by atoms with Crippen LogP contribution in [0, 0.1) is 5.41 Å². The molecular weight excluding hydrogens is 254 g/mol. The van der Waals surface area contributed by atoms with Crippen molar-refractivity contribution in [2.45, 2.75) is 57.5 Å². The maximum Gasteiger partial charge on any atom is 0.0809 e. The Morgan fingerprint density at radius 2 is 2.05 bits per heavy atom. The SMILES string of the molecule is OCC1(CNCCCOCC2CCCO2)CCCCC1. The maximum atomic E-state index is 9.62. The van der Waals surface area contributed by atoms with Crippen LogP contribution in [0.2, 0.25) is 0 Å². The van der Waals surface area contributed by atoms with E-state index in [4.69, 9.17) is 9.47 Å². The van der Waals surface area contributed by atoms with Crippen molar-refractivity contribution in [1.29, 1.82) is 0 Å². The van der Waals surface area contributed by atoms with Crippen molar-refractivity contribution in [1.82, 2.24) is 5.32 Å². The van der Waals surface area contributed by atoms with Crippen LogP contribution < -0.4 is 5.32 Å². The van der Waals surface area contributed by atoms with Crippen molar-refractivity contribution in [3.05, 3.63) is 0 Å². The molecule has 0 aromatic carbocycles. The number of aliphatic hydroxyl groups excluding tert-OH is 1. The lowest BCUT2D eigenvalue weighted by Gasteiger charge is -2.35. The minimum atomic E-state index is 0.150. The lowest BCUT2D eigenvalue weighted by atomic mass is 9.74. The summed E-state index contributed by atoms with van der Waals surface area (Å²) in [6, 6.07) is 0. The molecule has 2 fully saturated rings. The van der Waals surface area contributed by atoms with Crippen molar-refractivity contribution < 1.29 is 14.6 Å². The van der Waals surface area contributed by atoms with E-state index in [1.165, 1.54) is 38.5 Å². The van der Waals surface area contributed by atoms with Gasteiger partial charge in [-0.1, -0.05) is 19.3 Å². The van der Waals surface area contributed by atoms with Gasteiger partial charge in [-0.3, -0.25) is 0 Å². The van der Waals surface area contributed by atoms with Crippen LogP contribution in [0.4, 0.5) is 0 Å². The van der Waals surface area contributed by atoms with Crippen molar-refractivity contribution in [3.63, 3.8) is 0 Å². The first-order valence-corrected chi connectivity index (χ1v) is 8.36. The van der Waals surface area contributed by atoms with Crippen LogP contribution in [0.3, 0.4) is 0 Å². The van der Waals surface area contributed by atoms with Gasteiger partial charge in [-0.25, -0.2) is 0 Å². The Labute approximate surface area is 123 Å². The number of nitrogens with one attached hydrogen (secondary N) is 1. The predicted molar refractivity (Wildman–Crippen MR) is 79.9 cm³/mol. The Bertz CT molecular complexity index is 248. The van der Waals surface area contributed by atoms with Crippen LogP contribution in [0.5, 0.6) is 0 Å². The van der Waals surface area contributed by atoms with Gasteiger partial charge in [-0.15, -0.1) is 0 Å². The molecule has 2 rings (SSSR count). The minimum Gasteiger partial charge on any atom is -0.396 e. The molecule has 1 aliphatic carbocycles. The van der Waals surface area contributed by atoms with Crippen molar-refractivity contribution in [2.75, 3.05) is 39.5 Å². The van der Waals surface area contributed by atoms with E-state index in [1.54, 1.807) is 0 Å². The summed E-state index contributed by atoms with van der Waals surface area (Å²) in [7, 11) is 0. The standard InChI is InChI=1S/C16H31NO3/c18-14-16(7-2-1-3-8-16)13-17-9-5-10-19-12-15-6-4-11-20-15/h15,17-18H,1-14H2. The first kappa shape index (κ1) is 16.2. The summed E-state index contributed by atoms with van der Waals surface area (Å²) in [5.41, 5.74) is 0.150. The van der Waals surface area contributed by atoms with Gasteiger partial charge in [0.2, 0.25) is 0 Å². The molecule has 2 aliphatic rings. The average molecular weight is 285 g/mol. The first-order chi connectivity index (χ1) is 9.85. The van der Waals surface area contributed by atoms with Crippen LogP contribution in [-0.2, 0) is 9.47 Å². The fourth-order valence-electron chi connectivity index (χ4n) is 3.34. The molecule has 1 saturated carbocycles. The molecule has 0 radical (unpaired) electrons. The quantitative estimate of drug-likeness (QED) is 0.637. The summed E-state index contributed by atoms with van der Waals surface area (Å²) >= 11 is 0. The normalized spacial score (nSPS) is 25.9. The van der Waals surface area contributed by atoms with Gasteiger partial charge in [-0.2, -0.15) is 0 Å². The summed E-state index contributed by atoms with van der Waals surface area (Å²) in [6.45, 7) is 4.72. The fourth-order valence-corrected chi connectivity index (χ4v) is 3.34. The topological polar surface area (TPSA) is 50.7 Å². The van der Waals surface area contributed by atoms with Crippen LogP contribution in [0.1, 0.15) is 51.4 Å². The molecule has 0 spiro atoms. The van der Waals surface area contributed by atoms with Gasteiger partial charge in [0, 0.05) is 31.8 Å². The van der Waals surface area contributed by atoms with E-state index in [0.29, 0.717) is 12.7 Å². The number of aliphatic hydroxyl groups is 1. The molecule has 1 aliphatic heterocycles. The molecule has 0 aromatic heterocycles. The largest absolute Gasteiger partial charge is 0.396 e. The Hall–Kier alpha value is -0.160. The zero-order valence-electron chi connectivity index (χ0n) is 12.7. The second kappa shape index (κ2) is 8.98. The summed E-state index contributed by atoms with van der Waals surface area (Å²) in [5, 5.41) is 13.1. The molecule has 1 atom stereocenters. The third-order valence-electron chi connectivity index (χ3n) is 4.72. The van der Waals surface area contributed by atoms with E-state index < -0.39 is 0 Å². The number of rotatable bonds is 9. The van der Waals surface area contributed by atoms with Gasteiger partial charge >= 0.3 is 0 Å². The van der Waals surface area contributed by atoms with Crippen LogP contribution in [-0.4, -0.2) is 50.7 Å². The summed E-state index contributed by atoms with van der Waals surface area (Å²) in [5.74, 6) is 0. The molecule has 2 N–H and O–H groups in total. The van der Waals surface area contributed by atoms with Gasteiger partial charge in [0.15, 0.2) is 0 Å². The Kier molecular flexibility index (Phi) is 7.28. The molecule has 1 heterocycles. The van der Waals surface area contributed by atoms with Crippen LogP contribution in [0.25, 0.3) is 0 Å². The third-order valence-corrected chi connectivity index (χ3v) is 4.72. The van der Waals surface area contributed by atoms with Crippen molar-refractivity contribution >= 4 is 0 Å². The zero-order chi connectivity index (χ0) is 14.1. The molecule has 4 heteroatoms. The maximum absolute atomic E-state index is 9.62. The smallest absolute Gasteiger partial charge is 0.0809 e. The van der Waals surface area contributed by atoms with E-state index in [-0.39, 0.29) is 5.41 Å². The second-order valence-corrected chi connectivity index (χ2v) is 6.46. The average Bonchev–Trinajstić information content (AvgIpc) is 3.00. The fraction of sp³-hybridized carbons (Fsp3) is 1.00. The van der Waals surface area contributed by atoms with Gasteiger partial charge in [0.25, 0.3) is 0 Å². The molecule has 20 heavy (non-hydrogen) atoms. The molecule has 0 amide bonds. The second-order valence-electron chi connectivity index (χ2n) is 6.46. The minimum absolute atomic E-state index is 0.150. The van der Waals surface area contributed by atoms with E-state index >= 15 is 0 Å². The predicted octanol–water partition coefficient (Wildman–Crippen LogP) is 2.10. The molecule has 0 bridgehead atoms. The number of hydrogen-bond acceptors (Lipinski definition) is 4. The van der Waals surface area contributed by atoms with Gasteiger partial charge in [-0.05, 0) is 38.6 Å². The number of ether oxygens (including phenoxy) is 2. The zero-order valence-corrected chi connectivity index (χ0v) is 12.7. The summed E-state index contributed by atoms with van der Waals surface area (Å²) in [6.07, 6.45) is 9.92. The molecular formula is C16H31NO3. The van der Waals surface area contributed by atoms with E-state index in [0.717, 1.165) is 45.8 Å². The summed E-state index contributed by atoms with van der Waals surface area (Å²) in [4.78, 5) is 0. The Morgan fingerprint density at radius 3 is 2.75 bits per heavy atom. The highest BCUT2D eigenvalue weighted by Gasteiger charge is 2.30. The monoisotopic (exact) mass is 285 g/mol. The molecule has 1 unspecified atom stereocenters. The van der Waals surface area contributed by atoms with E-state index in [2.05, 4.69) is 5.32 Å². The van der Waals surface area contributed by atoms with Gasteiger partial charge in [0.1, 0.15) is 0 Å². The number of hydrogen-bond donors (Lipinski definition) is 2. The lowest BCUT2D eigenvalue weighted by Crippen LogP contribution is -2.39. The van der Waals surface area contributed by atoms with Crippen molar-refractivity contribution in [2.24, 2.45) is 5.41 Å². The van der Waals surface area contributed by atoms with Crippen LogP contribution in [0.15, 0.2) is 0 Å². The van der Waals surface area contributed by atoms with Gasteiger partial charge in [0.05, 0.1) is 12.7 Å². The first-order valence-electron chi connectivity index (χ1n) is 8.36.